The van der Waals surface area contributed by atoms with Gasteiger partial charge in [0, 0.05) is 37.7 Å². The third kappa shape index (κ3) is 4.26. The first-order chi connectivity index (χ1) is 12.8. The van der Waals surface area contributed by atoms with E-state index in [1.165, 1.54) is 29.2 Å². The number of β-amino-alcohol motifs (C(OH)–C–C–N with tert-alkyl or cyclic N) is 1. The summed E-state index contributed by atoms with van der Waals surface area (Å²) in [6.07, 6.45) is -3.79. The molecule has 0 aliphatic carbocycles. The van der Waals surface area contributed by atoms with E-state index in [1.807, 2.05) is 4.90 Å². The van der Waals surface area contributed by atoms with Crippen molar-refractivity contribution in [2.24, 2.45) is 0 Å². The average Bonchev–Trinajstić information content (AvgIpc) is 3.08. The average molecular weight is 403 g/mol. The maximum Gasteiger partial charge on any atom is 0.434 e. The number of aliphatic hydroxyl groups is 1. The third-order valence-electron chi connectivity index (χ3n) is 4.42. The molecule has 0 bridgehead atoms. The summed E-state index contributed by atoms with van der Waals surface area (Å²) in [4.78, 5) is 16.0. The fourth-order valence-corrected chi connectivity index (χ4v) is 3.17. The van der Waals surface area contributed by atoms with Crippen LogP contribution in [0.25, 0.3) is 5.69 Å². The minimum Gasteiger partial charge on any atom is -0.395 e. The maximum absolute atomic E-state index is 13.7. The van der Waals surface area contributed by atoms with E-state index in [-0.39, 0.29) is 12.3 Å². The van der Waals surface area contributed by atoms with Gasteiger partial charge in [-0.25, -0.2) is 4.68 Å². The van der Waals surface area contributed by atoms with Crippen LogP contribution < -0.4 is 0 Å². The van der Waals surface area contributed by atoms with Crippen LogP contribution in [0.2, 0.25) is 5.02 Å². The molecule has 0 atom stereocenters. The maximum atomic E-state index is 13.7. The topological polar surface area (TPSA) is 61.6 Å². The van der Waals surface area contributed by atoms with Gasteiger partial charge in [-0.05, 0) is 24.3 Å². The van der Waals surface area contributed by atoms with Crippen molar-refractivity contribution in [3.63, 3.8) is 0 Å². The number of hydrogen-bond donors (Lipinski definition) is 1. The van der Waals surface area contributed by atoms with E-state index in [0.29, 0.717) is 42.4 Å². The molecule has 2 aromatic rings. The number of piperazine rings is 1. The lowest BCUT2D eigenvalue weighted by atomic mass is 10.2. The van der Waals surface area contributed by atoms with Gasteiger partial charge in [0.2, 0.25) is 0 Å². The lowest BCUT2D eigenvalue weighted by Gasteiger charge is -2.34. The summed E-state index contributed by atoms with van der Waals surface area (Å²) in [5.41, 5.74) is -1.42. The van der Waals surface area contributed by atoms with Crippen molar-refractivity contribution in [3.05, 3.63) is 46.7 Å². The molecule has 3 rings (SSSR count). The van der Waals surface area contributed by atoms with Crippen LogP contribution in [-0.4, -0.2) is 69.9 Å². The SMILES string of the molecule is O=C(c1cnn(-c2ccc(Cl)cc2)c1C(F)(F)F)N1CCN(CCO)CC1. The first-order valence-corrected chi connectivity index (χ1v) is 8.72. The number of hydrogen-bond acceptors (Lipinski definition) is 4. The highest BCUT2D eigenvalue weighted by molar-refractivity contribution is 6.30. The molecule has 1 aliphatic rings. The van der Waals surface area contributed by atoms with E-state index in [1.54, 1.807) is 0 Å². The van der Waals surface area contributed by atoms with Crippen molar-refractivity contribution in [2.75, 3.05) is 39.3 Å². The van der Waals surface area contributed by atoms with Crippen molar-refractivity contribution in [3.8, 4) is 5.69 Å². The number of alkyl halides is 3. The largest absolute Gasteiger partial charge is 0.434 e. The predicted molar refractivity (Wildman–Crippen MR) is 93.0 cm³/mol. The summed E-state index contributed by atoms with van der Waals surface area (Å²) < 4.78 is 41.8. The van der Waals surface area contributed by atoms with E-state index in [0.717, 1.165) is 6.20 Å². The van der Waals surface area contributed by atoms with Crippen molar-refractivity contribution in [1.82, 2.24) is 19.6 Å². The first-order valence-electron chi connectivity index (χ1n) is 8.35. The predicted octanol–water partition coefficient (Wildman–Crippen LogP) is 2.29. The Morgan fingerprint density at radius 2 is 1.78 bits per heavy atom. The van der Waals surface area contributed by atoms with Crippen LogP contribution in [0.15, 0.2) is 30.5 Å². The van der Waals surface area contributed by atoms with E-state index >= 15 is 0 Å². The van der Waals surface area contributed by atoms with Crippen LogP contribution in [0.4, 0.5) is 13.2 Å². The highest BCUT2D eigenvalue weighted by Gasteiger charge is 2.41. The van der Waals surface area contributed by atoms with Crippen molar-refractivity contribution >= 4 is 17.5 Å². The van der Waals surface area contributed by atoms with E-state index in [2.05, 4.69) is 5.10 Å². The molecule has 27 heavy (non-hydrogen) atoms. The van der Waals surface area contributed by atoms with Gasteiger partial charge in [0.15, 0.2) is 5.69 Å². The fraction of sp³-hybridized carbons (Fsp3) is 0.412. The van der Waals surface area contributed by atoms with Crippen LogP contribution >= 0.6 is 11.6 Å². The Balaban J connectivity index is 1.90. The minimum atomic E-state index is -4.75. The van der Waals surface area contributed by atoms with Gasteiger partial charge in [0.1, 0.15) is 0 Å². The molecule has 1 aliphatic heterocycles. The zero-order chi connectivity index (χ0) is 19.6. The van der Waals surface area contributed by atoms with Crippen LogP contribution in [-0.2, 0) is 6.18 Å². The van der Waals surface area contributed by atoms with E-state index < -0.39 is 23.3 Å². The molecule has 10 heteroatoms. The molecule has 0 radical (unpaired) electrons. The lowest BCUT2D eigenvalue weighted by molar-refractivity contribution is -0.143. The molecule has 1 amide bonds. The Bertz CT molecular complexity index is 800. The number of amides is 1. The monoisotopic (exact) mass is 402 g/mol. The van der Waals surface area contributed by atoms with Gasteiger partial charge >= 0.3 is 6.18 Å². The summed E-state index contributed by atoms with van der Waals surface area (Å²) in [7, 11) is 0. The van der Waals surface area contributed by atoms with Crippen LogP contribution in [0.3, 0.4) is 0 Å². The Kier molecular flexibility index (Phi) is 5.73. The molecule has 146 valence electrons. The van der Waals surface area contributed by atoms with E-state index in [4.69, 9.17) is 16.7 Å². The van der Waals surface area contributed by atoms with Gasteiger partial charge < -0.3 is 10.0 Å². The van der Waals surface area contributed by atoms with Crippen molar-refractivity contribution in [2.45, 2.75) is 6.18 Å². The normalized spacial score (nSPS) is 16.0. The molecule has 1 aromatic carbocycles. The molecule has 0 spiro atoms. The molecule has 6 nitrogen and oxygen atoms in total. The van der Waals surface area contributed by atoms with Gasteiger partial charge in [-0.2, -0.15) is 18.3 Å². The number of halogens is 4. The summed E-state index contributed by atoms with van der Waals surface area (Å²) in [5, 5.41) is 13.2. The second-order valence-corrected chi connectivity index (χ2v) is 6.59. The number of aliphatic hydroxyl groups excluding tert-OH is 1. The summed E-state index contributed by atoms with van der Waals surface area (Å²) in [6, 6.07) is 5.74. The smallest absolute Gasteiger partial charge is 0.395 e. The van der Waals surface area contributed by atoms with Gasteiger partial charge in [-0.15, -0.1) is 0 Å². The molecule has 1 fully saturated rings. The molecule has 1 N–H and O–H groups in total. The number of nitrogens with zero attached hydrogens (tertiary/aromatic N) is 4. The summed E-state index contributed by atoms with van der Waals surface area (Å²) in [6.45, 7) is 2.06. The standard InChI is InChI=1S/C17H18ClF3N4O2/c18-12-1-3-13(4-2-12)25-15(17(19,20)21)14(11-22-25)16(27)24-7-5-23(6-8-24)9-10-26/h1-4,11,26H,5-10H2. The Morgan fingerprint density at radius 1 is 1.15 bits per heavy atom. The number of carbonyl (C=O) groups is 1. The summed E-state index contributed by atoms with van der Waals surface area (Å²) >= 11 is 5.79. The number of aromatic nitrogens is 2. The first kappa shape index (κ1) is 19.7. The van der Waals surface area contributed by atoms with Crippen LogP contribution in [0.1, 0.15) is 16.1 Å². The molecular formula is C17H18ClF3N4O2. The van der Waals surface area contributed by atoms with E-state index in [9.17, 15) is 18.0 Å². The Hall–Kier alpha value is -2.10. The zero-order valence-electron chi connectivity index (χ0n) is 14.3. The number of carbonyl (C=O) groups excluding carboxylic acids is 1. The van der Waals surface area contributed by atoms with Gasteiger partial charge in [-0.3, -0.25) is 9.69 Å². The molecular weight excluding hydrogens is 385 g/mol. The third-order valence-corrected chi connectivity index (χ3v) is 4.67. The van der Waals surface area contributed by atoms with Gasteiger partial charge in [0.25, 0.3) is 5.91 Å². The molecule has 0 unspecified atom stereocenters. The number of rotatable bonds is 4. The van der Waals surface area contributed by atoms with Gasteiger partial charge in [0.05, 0.1) is 24.1 Å². The molecule has 0 saturated carbocycles. The van der Waals surface area contributed by atoms with Crippen molar-refractivity contribution in [1.29, 1.82) is 0 Å². The fourth-order valence-electron chi connectivity index (χ4n) is 3.04. The molecule has 1 aromatic heterocycles. The Labute approximate surface area is 158 Å². The van der Waals surface area contributed by atoms with Crippen LogP contribution in [0, 0.1) is 0 Å². The summed E-state index contributed by atoms with van der Waals surface area (Å²) in [5.74, 6) is -0.703. The minimum absolute atomic E-state index is 0.0000308. The highest BCUT2D eigenvalue weighted by atomic mass is 35.5. The quantitative estimate of drug-likeness (QED) is 0.852. The molecule has 1 saturated heterocycles. The van der Waals surface area contributed by atoms with Gasteiger partial charge in [-0.1, -0.05) is 11.6 Å². The molecule has 2 heterocycles. The second-order valence-electron chi connectivity index (χ2n) is 6.15. The van der Waals surface area contributed by atoms with Crippen molar-refractivity contribution < 1.29 is 23.1 Å². The lowest BCUT2D eigenvalue weighted by Crippen LogP contribution is -2.49. The zero-order valence-corrected chi connectivity index (χ0v) is 15.0. The second kappa shape index (κ2) is 7.87. The van der Waals surface area contributed by atoms with Crippen LogP contribution in [0.5, 0.6) is 0 Å². The highest BCUT2D eigenvalue weighted by Crippen LogP contribution is 2.34. The Morgan fingerprint density at radius 3 is 2.33 bits per heavy atom. The number of benzene rings is 1.